The van der Waals surface area contributed by atoms with Crippen LogP contribution in [0.2, 0.25) is 0 Å². The van der Waals surface area contributed by atoms with E-state index in [1.807, 2.05) is 0 Å². The molecular weight excluding hydrogens is 530 g/mol. The van der Waals surface area contributed by atoms with Gasteiger partial charge in [0.2, 0.25) is 0 Å². The summed E-state index contributed by atoms with van der Waals surface area (Å²) in [6, 6.07) is 55.9. The van der Waals surface area contributed by atoms with Crippen molar-refractivity contribution < 1.29 is 0 Å². The average Bonchev–Trinajstić information content (AvgIpc) is 3.53. The lowest BCUT2D eigenvalue weighted by atomic mass is 9.81. The molecule has 1 aliphatic carbocycles. The molecule has 0 bridgehead atoms. The van der Waals surface area contributed by atoms with Gasteiger partial charge in [0.05, 0.1) is 11.0 Å². The summed E-state index contributed by atoms with van der Waals surface area (Å²) in [6.07, 6.45) is 0. The maximum Gasteiger partial charge on any atom is 0.0541 e. The Morgan fingerprint density at radius 3 is 1.52 bits per heavy atom. The lowest BCUT2D eigenvalue weighted by molar-refractivity contribution is 0.661. The number of nitrogens with zero attached hydrogens (tertiary/aromatic N) is 1. The highest BCUT2D eigenvalue weighted by molar-refractivity contribution is 6.09. The van der Waals surface area contributed by atoms with Crippen LogP contribution in [-0.2, 0) is 5.41 Å². The predicted molar refractivity (Wildman–Crippen MR) is 187 cm³/mol. The monoisotopic (exact) mass is 561 g/mol. The Morgan fingerprint density at radius 2 is 0.886 bits per heavy atom. The zero-order valence-electron chi connectivity index (χ0n) is 24.9. The van der Waals surface area contributed by atoms with E-state index in [4.69, 9.17) is 0 Å². The summed E-state index contributed by atoms with van der Waals surface area (Å²) in [5.74, 6) is 0. The Bertz CT molecular complexity index is 2350. The Kier molecular flexibility index (Phi) is 5.31. The number of aromatic nitrogens is 1. The second kappa shape index (κ2) is 9.30. The molecule has 0 radical (unpaired) electrons. The number of para-hydroxylation sites is 2. The van der Waals surface area contributed by atoms with Crippen LogP contribution in [0, 0.1) is 0 Å². The summed E-state index contributed by atoms with van der Waals surface area (Å²) in [5.41, 5.74) is 14.1. The number of rotatable bonds is 3. The second-order valence-electron chi connectivity index (χ2n) is 12.6. The van der Waals surface area contributed by atoms with Gasteiger partial charge in [0.25, 0.3) is 0 Å². The summed E-state index contributed by atoms with van der Waals surface area (Å²) < 4.78 is 2.38. The second-order valence-corrected chi connectivity index (χ2v) is 12.6. The highest BCUT2D eigenvalue weighted by atomic mass is 15.0. The van der Waals surface area contributed by atoms with Crippen molar-refractivity contribution in [2.75, 3.05) is 0 Å². The average molecular weight is 562 g/mol. The van der Waals surface area contributed by atoms with Crippen molar-refractivity contribution in [3.05, 3.63) is 163 Å². The van der Waals surface area contributed by atoms with Gasteiger partial charge in [0.1, 0.15) is 0 Å². The standard InChI is InChI=1S/C43H31N/c1-43(2)39-26-32(29-17-21-34(22-18-29)44-41-13-7-5-11-37(41)38-12-6-8-14-42(38)44)19-23-35(39)36-24-20-33(27-40(36)43)31-16-15-28-9-3-4-10-30(28)25-31/h3-27H,1-2H3. The van der Waals surface area contributed by atoms with Crippen LogP contribution in [0.4, 0.5) is 0 Å². The van der Waals surface area contributed by atoms with E-state index in [0.717, 1.165) is 0 Å². The van der Waals surface area contributed by atoms with E-state index in [1.165, 1.54) is 82.8 Å². The molecule has 1 nitrogen and oxygen atoms in total. The number of fused-ring (bicyclic) bond motifs is 7. The van der Waals surface area contributed by atoms with Crippen molar-refractivity contribution in [2.24, 2.45) is 0 Å². The molecular formula is C43H31N. The van der Waals surface area contributed by atoms with Crippen molar-refractivity contribution >= 4 is 32.6 Å². The van der Waals surface area contributed by atoms with Crippen LogP contribution in [0.15, 0.2) is 152 Å². The molecule has 0 spiro atoms. The largest absolute Gasteiger partial charge is 0.309 e. The highest BCUT2D eigenvalue weighted by Gasteiger charge is 2.35. The van der Waals surface area contributed by atoms with Gasteiger partial charge in [0.15, 0.2) is 0 Å². The lowest BCUT2D eigenvalue weighted by Gasteiger charge is -2.22. The summed E-state index contributed by atoms with van der Waals surface area (Å²) in [4.78, 5) is 0. The summed E-state index contributed by atoms with van der Waals surface area (Å²) in [5, 5.41) is 5.13. The molecule has 0 unspecified atom stereocenters. The van der Waals surface area contributed by atoms with Gasteiger partial charge in [-0.05, 0) is 97.7 Å². The first-order chi connectivity index (χ1) is 21.6. The molecule has 1 aromatic heterocycles. The summed E-state index contributed by atoms with van der Waals surface area (Å²) in [7, 11) is 0. The van der Waals surface area contributed by atoms with E-state index < -0.39 is 0 Å². The van der Waals surface area contributed by atoms with Crippen molar-refractivity contribution in [1.29, 1.82) is 0 Å². The third-order valence-corrected chi connectivity index (χ3v) is 9.80. The van der Waals surface area contributed by atoms with E-state index in [2.05, 4.69) is 170 Å². The lowest BCUT2D eigenvalue weighted by Crippen LogP contribution is -2.15. The van der Waals surface area contributed by atoms with E-state index >= 15 is 0 Å². The minimum absolute atomic E-state index is 0.0869. The minimum atomic E-state index is -0.0869. The van der Waals surface area contributed by atoms with Gasteiger partial charge in [0, 0.05) is 21.9 Å². The van der Waals surface area contributed by atoms with Gasteiger partial charge < -0.3 is 4.57 Å². The topological polar surface area (TPSA) is 4.93 Å². The van der Waals surface area contributed by atoms with Gasteiger partial charge in [-0.3, -0.25) is 0 Å². The van der Waals surface area contributed by atoms with Gasteiger partial charge >= 0.3 is 0 Å². The van der Waals surface area contributed by atoms with Gasteiger partial charge in [-0.25, -0.2) is 0 Å². The molecule has 9 rings (SSSR count). The van der Waals surface area contributed by atoms with Crippen LogP contribution in [0.3, 0.4) is 0 Å². The van der Waals surface area contributed by atoms with E-state index in [9.17, 15) is 0 Å². The fourth-order valence-electron chi connectivity index (χ4n) is 7.47. The zero-order valence-corrected chi connectivity index (χ0v) is 24.9. The molecule has 0 atom stereocenters. The quantitative estimate of drug-likeness (QED) is 0.202. The smallest absolute Gasteiger partial charge is 0.0541 e. The number of hydrogen-bond donors (Lipinski definition) is 0. The van der Waals surface area contributed by atoms with Crippen LogP contribution in [0.5, 0.6) is 0 Å². The van der Waals surface area contributed by atoms with Crippen LogP contribution in [0.25, 0.3) is 71.6 Å². The Balaban J connectivity index is 1.09. The first kappa shape index (κ1) is 25.1. The molecule has 1 aliphatic rings. The van der Waals surface area contributed by atoms with E-state index in [-0.39, 0.29) is 5.41 Å². The Morgan fingerprint density at radius 1 is 0.409 bits per heavy atom. The SMILES string of the molecule is CC1(C)c2cc(-c3ccc(-n4c5ccccc5c5ccccc54)cc3)ccc2-c2ccc(-c3ccc4ccccc4c3)cc21. The molecule has 0 fully saturated rings. The summed E-state index contributed by atoms with van der Waals surface area (Å²) >= 11 is 0. The minimum Gasteiger partial charge on any atom is -0.309 e. The van der Waals surface area contributed by atoms with Crippen molar-refractivity contribution in [1.82, 2.24) is 4.57 Å². The number of hydrogen-bond acceptors (Lipinski definition) is 0. The molecule has 0 amide bonds. The first-order valence-corrected chi connectivity index (χ1v) is 15.4. The third kappa shape index (κ3) is 3.66. The van der Waals surface area contributed by atoms with Crippen molar-refractivity contribution in [3.8, 4) is 39.1 Å². The molecule has 7 aromatic carbocycles. The molecule has 8 aromatic rings. The highest BCUT2D eigenvalue weighted by Crippen LogP contribution is 2.50. The third-order valence-electron chi connectivity index (χ3n) is 9.80. The normalized spacial score (nSPS) is 13.4. The molecule has 0 saturated carbocycles. The van der Waals surface area contributed by atoms with Gasteiger partial charge in [-0.15, -0.1) is 0 Å². The van der Waals surface area contributed by atoms with E-state index in [0.29, 0.717) is 0 Å². The van der Waals surface area contributed by atoms with Crippen LogP contribution >= 0.6 is 0 Å². The predicted octanol–water partition coefficient (Wildman–Crippen LogP) is 11.6. The Labute approximate surface area is 257 Å². The molecule has 0 saturated heterocycles. The molecule has 0 aliphatic heterocycles. The molecule has 1 heteroatoms. The zero-order chi connectivity index (χ0) is 29.4. The fourth-order valence-corrected chi connectivity index (χ4v) is 7.47. The van der Waals surface area contributed by atoms with Crippen molar-refractivity contribution in [3.63, 3.8) is 0 Å². The number of benzene rings is 7. The maximum absolute atomic E-state index is 2.42. The van der Waals surface area contributed by atoms with Gasteiger partial charge in [-0.1, -0.05) is 123 Å². The van der Waals surface area contributed by atoms with Crippen molar-refractivity contribution in [2.45, 2.75) is 19.3 Å². The molecule has 44 heavy (non-hydrogen) atoms. The molecule has 0 N–H and O–H groups in total. The van der Waals surface area contributed by atoms with Crippen LogP contribution < -0.4 is 0 Å². The Hall–Kier alpha value is -5.40. The first-order valence-electron chi connectivity index (χ1n) is 15.4. The van der Waals surface area contributed by atoms with E-state index in [1.54, 1.807) is 0 Å². The molecule has 208 valence electrons. The fraction of sp³-hybridized carbons (Fsp3) is 0.0698. The van der Waals surface area contributed by atoms with Gasteiger partial charge in [-0.2, -0.15) is 0 Å². The van der Waals surface area contributed by atoms with Crippen LogP contribution in [0.1, 0.15) is 25.0 Å². The maximum atomic E-state index is 2.42. The summed E-state index contributed by atoms with van der Waals surface area (Å²) in [6.45, 7) is 4.74. The van der Waals surface area contributed by atoms with Crippen LogP contribution in [-0.4, -0.2) is 4.57 Å². The molecule has 1 heterocycles.